The van der Waals surface area contributed by atoms with Gasteiger partial charge in [0.05, 0.1) is 29.1 Å². The Labute approximate surface area is 165 Å². The van der Waals surface area contributed by atoms with Crippen molar-refractivity contribution < 1.29 is 32.3 Å². The van der Waals surface area contributed by atoms with E-state index < -0.39 is 35.2 Å². The molecule has 0 heterocycles. The van der Waals surface area contributed by atoms with Crippen LogP contribution in [0.4, 0.5) is 24.5 Å². The summed E-state index contributed by atoms with van der Waals surface area (Å²) in [5.74, 6) is -3.22. The van der Waals surface area contributed by atoms with E-state index in [1.807, 2.05) is 12.2 Å². The summed E-state index contributed by atoms with van der Waals surface area (Å²) in [6.45, 7) is 2.13. The standard InChI is InChI=1S/C20H19F3N2O4/c1-2-3-12-29-19(28)13-8-4-6-10-15(13)24-17(26)18(27)25-16-11-7-5-9-14(16)20(21,22)23/h4-11H,2-3,12H2,1H3,(H,24,26)(H,25,27). The number of carbonyl (C=O) groups excluding carboxylic acids is 3. The first kappa shape index (κ1) is 21.9. The van der Waals surface area contributed by atoms with E-state index in [0.717, 1.165) is 18.6 Å². The Hall–Kier alpha value is -3.36. The Kier molecular flexibility index (Phi) is 7.35. The second-order valence-electron chi connectivity index (χ2n) is 5.99. The van der Waals surface area contributed by atoms with Crippen molar-refractivity contribution in [1.29, 1.82) is 0 Å². The molecule has 9 heteroatoms. The predicted molar refractivity (Wildman–Crippen MR) is 100 cm³/mol. The number of hydrogen-bond acceptors (Lipinski definition) is 4. The van der Waals surface area contributed by atoms with Gasteiger partial charge in [0.15, 0.2) is 0 Å². The summed E-state index contributed by atoms with van der Waals surface area (Å²) < 4.78 is 44.1. The van der Waals surface area contributed by atoms with Gasteiger partial charge in [0.2, 0.25) is 0 Å². The number of alkyl halides is 3. The van der Waals surface area contributed by atoms with Crippen LogP contribution >= 0.6 is 0 Å². The molecule has 2 aromatic carbocycles. The molecule has 0 unspecified atom stereocenters. The molecule has 6 nitrogen and oxygen atoms in total. The number of unbranched alkanes of at least 4 members (excludes halogenated alkanes) is 1. The van der Waals surface area contributed by atoms with E-state index in [9.17, 15) is 27.6 Å². The van der Waals surface area contributed by atoms with E-state index in [1.54, 1.807) is 6.07 Å². The number of anilines is 2. The third-order valence-corrected chi connectivity index (χ3v) is 3.81. The monoisotopic (exact) mass is 408 g/mol. The number of halogens is 3. The first-order chi connectivity index (χ1) is 13.7. The molecule has 2 aromatic rings. The fourth-order valence-electron chi connectivity index (χ4n) is 2.35. The Bertz CT molecular complexity index is 897. The van der Waals surface area contributed by atoms with Crippen LogP contribution in [-0.2, 0) is 20.5 Å². The van der Waals surface area contributed by atoms with Gasteiger partial charge in [-0.1, -0.05) is 37.6 Å². The fourth-order valence-corrected chi connectivity index (χ4v) is 2.35. The molecule has 2 N–H and O–H groups in total. The van der Waals surface area contributed by atoms with Crippen LogP contribution in [0.15, 0.2) is 48.5 Å². The number of carbonyl (C=O) groups is 3. The highest BCUT2D eigenvalue weighted by Crippen LogP contribution is 2.34. The summed E-state index contributed by atoms with van der Waals surface area (Å²) in [5.41, 5.74) is -1.59. The number of esters is 1. The third kappa shape index (κ3) is 6.06. The number of para-hydroxylation sites is 2. The summed E-state index contributed by atoms with van der Waals surface area (Å²) >= 11 is 0. The molecule has 0 fully saturated rings. The zero-order valence-electron chi connectivity index (χ0n) is 15.5. The van der Waals surface area contributed by atoms with Gasteiger partial charge >= 0.3 is 24.0 Å². The number of rotatable bonds is 6. The van der Waals surface area contributed by atoms with Crippen molar-refractivity contribution in [3.05, 3.63) is 59.7 Å². The maximum atomic E-state index is 13.0. The van der Waals surface area contributed by atoms with E-state index in [0.29, 0.717) is 6.42 Å². The highest BCUT2D eigenvalue weighted by Gasteiger charge is 2.34. The second-order valence-corrected chi connectivity index (χ2v) is 5.99. The minimum Gasteiger partial charge on any atom is -0.462 e. The van der Waals surface area contributed by atoms with Gasteiger partial charge in [0.25, 0.3) is 0 Å². The van der Waals surface area contributed by atoms with Crippen LogP contribution in [0.5, 0.6) is 0 Å². The molecule has 0 radical (unpaired) electrons. The molecule has 2 amide bonds. The molecule has 154 valence electrons. The van der Waals surface area contributed by atoms with E-state index in [1.165, 1.54) is 30.3 Å². The molecular weight excluding hydrogens is 389 g/mol. The van der Waals surface area contributed by atoms with Gasteiger partial charge in [-0.15, -0.1) is 0 Å². The molecule has 0 atom stereocenters. The Morgan fingerprint density at radius 3 is 2.07 bits per heavy atom. The first-order valence-electron chi connectivity index (χ1n) is 8.78. The van der Waals surface area contributed by atoms with Crippen molar-refractivity contribution in [2.75, 3.05) is 17.2 Å². The maximum absolute atomic E-state index is 13.0. The SMILES string of the molecule is CCCCOC(=O)c1ccccc1NC(=O)C(=O)Nc1ccccc1C(F)(F)F. The quantitative estimate of drug-likeness (QED) is 0.425. The minimum atomic E-state index is -4.70. The lowest BCUT2D eigenvalue weighted by molar-refractivity contribution is -0.137. The molecule has 29 heavy (non-hydrogen) atoms. The van der Waals surface area contributed by atoms with Crippen LogP contribution in [0.25, 0.3) is 0 Å². The van der Waals surface area contributed by atoms with Crippen molar-refractivity contribution in [1.82, 2.24) is 0 Å². The van der Waals surface area contributed by atoms with Crippen molar-refractivity contribution in [2.24, 2.45) is 0 Å². The number of hydrogen-bond donors (Lipinski definition) is 2. The van der Waals surface area contributed by atoms with Gasteiger partial charge < -0.3 is 15.4 Å². The molecule has 0 saturated heterocycles. The van der Waals surface area contributed by atoms with Crippen LogP contribution in [-0.4, -0.2) is 24.4 Å². The molecule has 0 saturated carbocycles. The zero-order valence-corrected chi connectivity index (χ0v) is 15.5. The van der Waals surface area contributed by atoms with Crippen LogP contribution in [0, 0.1) is 0 Å². The molecule has 0 bridgehead atoms. The van der Waals surface area contributed by atoms with Gasteiger partial charge in [-0.25, -0.2) is 4.79 Å². The van der Waals surface area contributed by atoms with E-state index >= 15 is 0 Å². The lowest BCUT2D eigenvalue weighted by Crippen LogP contribution is -2.30. The molecule has 0 aliphatic rings. The maximum Gasteiger partial charge on any atom is 0.418 e. The summed E-state index contributed by atoms with van der Waals surface area (Å²) in [6, 6.07) is 10.1. The average Bonchev–Trinajstić information content (AvgIpc) is 2.68. The largest absolute Gasteiger partial charge is 0.462 e. The fraction of sp³-hybridized carbons (Fsp3) is 0.250. The van der Waals surface area contributed by atoms with Crippen molar-refractivity contribution >= 4 is 29.2 Å². The van der Waals surface area contributed by atoms with Crippen LogP contribution < -0.4 is 10.6 Å². The van der Waals surface area contributed by atoms with Gasteiger partial charge in [-0.05, 0) is 30.7 Å². The number of ether oxygens (including phenoxy) is 1. The van der Waals surface area contributed by atoms with Crippen molar-refractivity contribution in [3.8, 4) is 0 Å². The van der Waals surface area contributed by atoms with Gasteiger partial charge in [0, 0.05) is 0 Å². The molecule has 0 aliphatic carbocycles. The summed E-state index contributed by atoms with van der Waals surface area (Å²) in [7, 11) is 0. The summed E-state index contributed by atoms with van der Waals surface area (Å²) in [5, 5.41) is 4.17. The number of nitrogens with one attached hydrogen (secondary N) is 2. The predicted octanol–water partition coefficient (Wildman–Crippen LogP) is 4.24. The lowest BCUT2D eigenvalue weighted by atomic mass is 10.1. The van der Waals surface area contributed by atoms with Crippen LogP contribution in [0.1, 0.15) is 35.7 Å². The first-order valence-corrected chi connectivity index (χ1v) is 8.78. The Balaban J connectivity index is 2.12. The Morgan fingerprint density at radius 1 is 0.897 bits per heavy atom. The minimum absolute atomic E-state index is 0.0123. The molecule has 0 aliphatic heterocycles. The second kappa shape index (κ2) is 9.72. The van der Waals surface area contributed by atoms with Gasteiger partial charge in [0.1, 0.15) is 0 Å². The summed E-state index contributed by atoms with van der Waals surface area (Å²) in [4.78, 5) is 36.4. The zero-order chi connectivity index (χ0) is 21.4. The highest BCUT2D eigenvalue weighted by atomic mass is 19.4. The molecule has 0 spiro atoms. The molecular formula is C20H19F3N2O4. The van der Waals surface area contributed by atoms with Crippen LogP contribution in [0.3, 0.4) is 0 Å². The van der Waals surface area contributed by atoms with Gasteiger partial charge in [-0.2, -0.15) is 13.2 Å². The number of benzene rings is 2. The topological polar surface area (TPSA) is 84.5 Å². The van der Waals surface area contributed by atoms with E-state index in [-0.39, 0.29) is 17.9 Å². The van der Waals surface area contributed by atoms with Crippen molar-refractivity contribution in [3.63, 3.8) is 0 Å². The smallest absolute Gasteiger partial charge is 0.418 e. The lowest BCUT2D eigenvalue weighted by Gasteiger charge is -2.14. The van der Waals surface area contributed by atoms with E-state index in [4.69, 9.17) is 4.74 Å². The summed E-state index contributed by atoms with van der Waals surface area (Å²) in [6.07, 6.45) is -3.21. The van der Waals surface area contributed by atoms with Gasteiger partial charge in [-0.3, -0.25) is 9.59 Å². The Morgan fingerprint density at radius 2 is 1.45 bits per heavy atom. The van der Waals surface area contributed by atoms with E-state index in [2.05, 4.69) is 5.32 Å². The highest BCUT2D eigenvalue weighted by molar-refractivity contribution is 6.44. The average molecular weight is 408 g/mol. The molecule has 2 rings (SSSR count). The van der Waals surface area contributed by atoms with Crippen LogP contribution in [0.2, 0.25) is 0 Å². The molecule has 0 aromatic heterocycles. The number of amides is 2. The third-order valence-electron chi connectivity index (χ3n) is 3.81. The van der Waals surface area contributed by atoms with Crippen molar-refractivity contribution in [2.45, 2.75) is 25.9 Å². The normalized spacial score (nSPS) is 10.9.